The number of aromatic nitrogens is 1. The van der Waals surface area contributed by atoms with E-state index in [9.17, 15) is 4.79 Å². The van der Waals surface area contributed by atoms with Crippen LogP contribution in [-0.4, -0.2) is 53.4 Å². The summed E-state index contributed by atoms with van der Waals surface area (Å²) < 4.78 is 0. The number of nitrogens with zero attached hydrogens (tertiary/aromatic N) is 3. The predicted molar refractivity (Wildman–Crippen MR) is 108 cm³/mol. The van der Waals surface area contributed by atoms with Crippen molar-refractivity contribution in [1.29, 1.82) is 0 Å². The molecular formula is C21H23N3OS. The van der Waals surface area contributed by atoms with Crippen LogP contribution in [0.25, 0.3) is 21.5 Å². The number of hydrogen-bond donors (Lipinski definition) is 0. The van der Waals surface area contributed by atoms with E-state index in [1.807, 2.05) is 28.5 Å². The maximum absolute atomic E-state index is 13.3. The van der Waals surface area contributed by atoms with Gasteiger partial charge in [0.1, 0.15) is 0 Å². The zero-order valence-corrected chi connectivity index (χ0v) is 16.1. The molecule has 1 aliphatic heterocycles. The van der Waals surface area contributed by atoms with Crippen LogP contribution in [0.3, 0.4) is 0 Å². The molecule has 0 N–H and O–H groups in total. The lowest BCUT2D eigenvalue weighted by atomic mass is 10.0. The van der Waals surface area contributed by atoms with Crippen LogP contribution >= 0.6 is 11.3 Å². The van der Waals surface area contributed by atoms with E-state index in [0.717, 1.165) is 65.3 Å². The molecule has 0 aliphatic carbocycles. The van der Waals surface area contributed by atoms with E-state index in [0.29, 0.717) is 0 Å². The highest BCUT2D eigenvalue weighted by Gasteiger charge is 2.24. The Morgan fingerprint density at radius 3 is 2.65 bits per heavy atom. The van der Waals surface area contributed by atoms with Gasteiger partial charge >= 0.3 is 0 Å². The normalized spacial score (nSPS) is 15.5. The van der Waals surface area contributed by atoms with Gasteiger partial charge in [0.15, 0.2) is 0 Å². The minimum atomic E-state index is 0.122. The molecule has 3 heterocycles. The number of fused-ring (bicyclic) bond motifs is 1. The highest BCUT2D eigenvalue weighted by atomic mass is 32.1. The van der Waals surface area contributed by atoms with Crippen LogP contribution in [0.1, 0.15) is 22.8 Å². The second-order valence-corrected chi connectivity index (χ2v) is 7.73. The Bertz CT molecular complexity index is 928. The standard InChI is InChI=1S/C21H23N3OS/c1-3-23-8-10-24(11-9-23)21(25)17-14-19(20-5-4-12-26-20)22-18-7-6-15(2)13-16(17)18/h4-7,12-14H,3,8-11H2,1-2H3. The van der Waals surface area contributed by atoms with E-state index >= 15 is 0 Å². The summed E-state index contributed by atoms with van der Waals surface area (Å²) in [6.07, 6.45) is 0. The fourth-order valence-electron chi connectivity index (χ4n) is 3.50. The molecule has 0 bridgehead atoms. The molecule has 3 aromatic rings. The fourth-order valence-corrected chi connectivity index (χ4v) is 4.19. The third-order valence-corrected chi connectivity index (χ3v) is 5.97. The van der Waals surface area contributed by atoms with Gasteiger partial charge in [-0.25, -0.2) is 4.98 Å². The van der Waals surface area contributed by atoms with Crippen LogP contribution in [0.2, 0.25) is 0 Å². The van der Waals surface area contributed by atoms with Gasteiger partial charge in [-0.1, -0.05) is 24.6 Å². The number of amides is 1. The first-order chi connectivity index (χ1) is 12.7. The van der Waals surface area contributed by atoms with Crippen molar-refractivity contribution in [2.75, 3.05) is 32.7 Å². The molecule has 0 saturated carbocycles. The molecule has 4 rings (SSSR count). The first-order valence-electron chi connectivity index (χ1n) is 9.12. The van der Waals surface area contributed by atoms with Crippen molar-refractivity contribution in [3.05, 3.63) is 52.9 Å². The Balaban J connectivity index is 1.77. The molecule has 1 aliphatic rings. The molecule has 4 nitrogen and oxygen atoms in total. The highest BCUT2D eigenvalue weighted by molar-refractivity contribution is 7.13. The summed E-state index contributed by atoms with van der Waals surface area (Å²) in [7, 11) is 0. The molecule has 1 aromatic carbocycles. The largest absolute Gasteiger partial charge is 0.336 e. The second kappa shape index (κ2) is 7.17. The molecule has 134 valence electrons. The maximum atomic E-state index is 13.3. The van der Waals surface area contributed by atoms with Crippen molar-refractivity contribution in [1.82, 2.24) is 14.8 Å². The van der Waals surface area contributed by atoms with Crippen molar-refractivity contribution < 1.29 is 4.79 Å². The number of pyridine rings is 1. The van der Waals surface area contributed by atoms with Gasteiger partial charge in [-0.3, -0.25) is 4.79 Å². The van der Waals surface area contributed by atoms with Crippen molar-refractivity contribution in [2.45, 2.75) is 13.8 Å². The Hall–Kier alpha value is -2.24. The van der Waals surface area contributed by atoms with Crippen LogP contribution in [0.4, 0.5) is 0 Å². The monoisotopic (exact) mass is 365 g/mol. The number of hydrogen-bond acceptors (Lipinski definition) is 4. The quantitative estimate of drug-likeness (QED) is 0.703. The summed E-state index contributed by atoms with van der Waals surface area (Å²) in [5.41, 5.74) is 3.68. The van der Waals surface area contributed by atoms with Gasteiger partial charge in [0, 0.05) is 31.6 Å². The van der Waals surface area contributed by atoms with E-state index < -0.39 is 0 Å². The Morgan fingerprint density at radius 2 is 1.96 bits per heavy atom. The predicted octanol–water partition coefficient (Wildman–Crippen LogP) is 4.05. The van der Waals surface area contributed by atoms with Gasteiger partial charge in [0.25, 0.3) is 5.91 Å². The molecule has 26 heavy (non-hydrogen) atoms. The van der Waals surface area contributed by atoms with Crippen LogP contribution in [0.15, 0.2) is 41.8 Å². The van der Waals surface area contributed by atoms with E-state index in [-0.39, 0.29) is 5.91 Å². The van der Waals surface area contributed by atoms with Crippen molar-refractivity contribution in [2.24, 2.45) is 0 Å². The summed E-state index contributed by atoms with van der Waals surface area (Å²) in [5.74, 6) is 0.122. The maximum Gasteiger partial charge on any atom is 0.254 e. The van der Waals surface area contributed by atoms with Crippen LogP contribution in [-0.2, 0) is 0 Å². The minimum absolute atomic E-state index is 0.122. The Kier molecular flexibility index (Phi) is 4.74. The molecule has 0 spiro atoms. The molecule has 5 heteroatoms. The van der Waals surface area contributed by atoms with Crippen molar-refractivity contribution in [3.63, 3.8) is 0 Å². The zero-order chi connectivity index (χ0) is 18.1. The molecule has 0 radical (unpaired) electrons. The molecule has 1 amide bonds. The smallest absolute Gasteiger partial charge is 0.254 e. The third-order valence-electron chi connectivity index (χ3n) is 5.07. The number of thiophene rings is 1. The average Bonchev–Trinajstić information content (AvgIpc) is 3.21. The molecule has 1 saturated heterocycles. The highest BCUT2D eigenvalue weighted by Crippen LogP contribution is 2.29. The minimum Gasteiger partial charge on any atom is -0.336 e. The van der Waals surface area contributed by atoms with Gasteiger partial charge in [0.2, 0.25) is 0 Å². The summed E-state index contributed by atoms with van der Waals surface area (Å²) in [5, 5.41) is 3.00. The number of carbonyl (C=O) groups is 1. The topological polar surface area (TPSA) is 36.4 Å². The van der Waals surface area contributed by atoms with Crippen LogP contribution in [0.5, 0.6) is 0 Å². The summed E-state index contributed by atoms with van der Waals surface area (Å²) in [6, 6.07) is 12.2. The van der Waals surface area contributed by atoms with Gasteiger partial charge in [-0.05, 0) is 43.1 Å². The van der Waals surface area contributed by atoms with E-state index in [1.54, 1.807) is 11.3 Å². The summed E-state index contributed by atoms with van der Waals surface area (Å²) in [4.78, 5) is 23.6. The number of benzene rings is 1. The van der Waals surface area contributed by atoms with Crippen molar-refractivity contribution >= 4 is 28.1 Å². The molecule has 0 unspecified atom stereocenters. The summed E-state index contributed by atoms with van der Waals surface area (Å²) >= 11 is 1.65. The van der Waals surface area contributed by atoms with E-state index in [2.05, 4.69) is 36.9 Å². The molecule has 0 atom stereocenters. The fraction of sp³-hybridized carbons (Fsp3) is 0.333. The first kappa shape index (κ1) is 17.2. The Labute approximate surface area is 158 Å². The summed E-state index contributed by atoms with van der Waals surface area (Å²) in [6.45, 7) is 8.74. The van der Waals surface area contributed by atoms with Crippen LogP contribution in [0, 0.1) is 6.92 Å². The van der Waals surface area contributed by atoms with Crippen LogP contribution < -0.4 is 0 Å². The molecule has 1 fully saturated rings. The molecule has 2 aromatic heterocycles. The number of piperazine rings is 1. The first-order valence-corrected chi connectivity index (χ1v) is 10.0. The Morgan fingerprint density at radius 1 is 1.15 bits per heavy atom. The lowest BCUT2D eigenvalue weighted by Crippen LogP contribution is -2.48. The zero-order valence-electron chi connectivity index (χ0n) is 15.2. The van der Waals surface area contributed by atoms with Crippen molar-refractivity contribution in [3.8, 4) is 10.6 Å². The van der Waals surface area contributed by atoms with E-state index in [1.165, 1.54) is 0 Å². The van der Waals surface area contributed by atoms with E-state index in [4.69, 9.17) is 4.98 Å². The SMILES string of the molecule is CCN1CCN(C(=O)c2cc(-c3cccs3)nc3ccc(C)cc23)CC1. The number of aryl methyl sites for hydroxylation is 1. The number of rotatable bonds is 3. The second-order valence-electron chi connectivity index (χ2n) is 6.78. The average molecular weight is 366 g/mol. The van der Waals surface area contributed by atoms with Gasteiger partial charge < -0.3 is 9.80 Å². The molecular weight excluding hydrogens is 342 g/mol. The van der Waals surface area contributed by atoms with Gasteiger partial charge in [-0.2, -0.15) is 0 Å². The number of carbonyl (C=O) groups excluding carboxylic acids is 1. The number of likely N-dealkylation sites (N-methyl/N-ethyl adjacent to an activating group) is 1. The third kappa shape index (κ3) is 3.24. The van der Waals surface area contributed by atoms with Gasteiger partial charge in [0.05, 0.1) is 21.7 Å². The lowest BCUT2D eigenvalue weighted by molar-refractivity contribution is 0.0645. The van der Waals surface area contributed by atoms with Gasteiger partial charge in [-0.15, -0.1) is 11.3 Å². The lowest BCUT2D eigenvalue weighted by Gasteiger charge is -2.34.